The number of carbonyl (C=O) groups excluding carboxylic acids is 1. The molecule has 164 valence electrons. The fourth-order valence-electron chi connectivity index (χ4n) is 3.47. The molecule has 0 bridgehead atoms. The Hall–Kier alpha value is -4.10. The fourth-order valence-corrected chi connectivity index (χ4v) is 3.68. The molecule has 0 atom stereocenters. The number of ether oxygens (including phenoxy) is 1. The van der Waals surface area contributed by atoms with Crippen molar-refractivity contribution >= 4 is 28.8 Å². The number of halogens is 1. The number of rotatable bonds is 7. The van der Waals surface area contributed by atoms with Gasteiger partial charge in [-0.2, -0.15) is 5.10 Å². The standard InChI is InChI=1S/C25H20ClN5O2/c26-20-7-3-5-18(11-20)17-33-23-8-4-6-19(12-23)25(32)29-21-13-27-31(15-21)16-22-14-30-10-2-1-9-24(30)28-22/h1-15H,16-17H2,(H,29,32). The third kappa shape index (κ3) is 5.05. The van der Waals surface area contributed by atoms with Crippen LogP contribution in [0.4, 0.5) is 5.69 Å². The fraction of sp³-hybridized carbons (Fsp3) is 0.0800. The molecule has 3 aromatic heterocycles. The molecule has 33 heavy (non-hydrogen) atoms. The zero-order valence-electron chi connectivity index (χ0n) is 17.6. The summed E-state index contributed by atoms with van der Waals surface area (Å²) in [5.74, 6) is 0.362. The molecule has 1 N–H and O–H groups in total. The Kier molecular flexibility index (Phi) is 5.78. The van der Waals surface area contributed by atoms with E-state index in [1.54, 1.807) is 35.3 Å². The second-order valence-corrected chi connectivity index (χ2v) is 7.96. The molecule has 0 radical (unpaired) electrons. The van der Waals surface area contributed by atoms with E-state index in [9.17, 15) is 4.79 Å². The first-order valence-corrected chi connectivity index (χ1v) is 10.7. The van der Waals surface area contributed by atoms with Crippen molar-refractivity contribution in [2.45, 2.75) is 13.2 Å². The summed E-state index contributed by atoms with van der Waals surface area (Å²) < 4.78 is 9.52. The van der Waals surface area contributed by atoms with Crippen LogP contribution >= 0.6 is 11.6 Å². The van der Waals surface area contributed by atoms with E-state index in [0.29, 0.717) is 35.2 Å². The molecule has 0 saturated carbocycles. The first-order chi connectivity index (χ1) is 16.1. The van der Waals surface area contributed by atoms with E-state index in [1.165, 1.54) is 0 Å². The van der Waals surface area contributed by atoms with Gasteiger partial charge in [0.1, 0.15) is 18.0 Å². The predicted molar refractivity (Wildman–Crippen MR) is 127 cm³/mol. The van der Waals surface area contributed by atoms with E-state index in [2.05, 4.69) is 15.4 Å². The van der Waals surface area contributed by atoms with Gasteiger partial charge >= 0.3 is 0 Å². The Labute approximate surface area is 195 Å². The Morgan fingerprint density at radius 2 is 1.94 bits per heavy atom. The highest BCUT2D eigenvalue weighted by molar-refractivity contribution is 6.30. The van der Waals surface area contributed by atoms with Crippen molar-refractivity contribution in [2.24, 2.45) is 0 Å². The van der Waals surface area contributed by atoms with E-state index in [4.69, 9.17) is 16.3 Å². The molecule has 0 aliphatic rings. The van der Waals surface area contributed by atoms with Gasteiger partial charge in [0.15, 0.2) is 0 Å². The Morgan fingerprint density at radius 1 is 1.03 bits per heavy atom. The molecule has 0 aliphatic carbocycles. The third-order valence-electron chi connectivity index (χ3n) is 5.02. The van der Waals surface area contributed by atoms with Crippen LogP contribution in [0.5, 0.6) is 5.75 Å². The molecule has 0 spiro atoms. The largest absolute Gasteiger partial charge is 0.489 e. The van der Waals surface area contributed by atoms with E-state index in [0.717, 1.165) is 16.9 Å². The predicted octanol–water partition coefficient (Wildman–Crippen LogP) is 5.06. The van der Waals surface area contributed by atoms with Gasteiger partial charge in [-0.3, -0.25) is 9.48 Å². The van der Waals surface area contributed by atoms with Crippen molar-refractivity contribution in [3.63, 3.8) is 0 Å². The van der Waals surface area contributed by atoms with Gasteiger partial charge in [0.2, 0.25) is 0 Å². The minimum atomic E-state index is -0.240. The summed E-state index contributed by atoms with van der Waals surface area (Å²) >= 11 is 6.02. The van der Waals surface area contributed by atoms with Crippen LogP contribution in [0, 0.1) is 0 Å². The van der Waals surface area contributed by atoms with Gasteiger partial charge in [-0.05, 0) is 48.0 Å². The molecule has 5 rings (SSSR count). The van der Waals surface area contributed by atoms with E-state index < -0.39 is 0 Å². The second-order valence-electron chi connectivity index (χ2n) is 7.53. The lowest BCUT2D eigenvalue weighted by atomic mass is 10.2. The van der Waals surface area contributed by atoms with Gasteiger partial charge in [0, 0.05) is 29.2 Å². The highest BCUT2D eigenvalue weighted by Gasteiger charge is 2.10. The average molecular weight is 458 g/mol. The van der Waals surface area contributed by atoms with Crippen LogP contribution in [0.1, 0.15) is 21.6 Å². The molecule has 0 aliphatic heterocycles. The lowest BCUT2D eigenvalue weighted by Crippen LogP contribution is -2.11. The number of fused-ring (bicyclic) bond motifs is 1. The first kappa shape index (κ1) is 20.8. The van der Waals surface area contributed by atoms with Gasteiger partial charge in [-0.15, -0.1) is 0 Å². The number of anilines is 1. The summed E-state index contributed by atoms with van der Waals surface area (Å²) in [4.78, 5) is 17.3. The molecule has 0 unspecified atom stereocenters. The number of carbonyl (C=O) groups is 1. The zero-order chi connectivity index (χ0) is 22.6. The summed E-state index contributed by atoms with van der Waals surface area (Å²) in [6.45, 7) is 0.867. The summed E-state index contributed by atoms with van der Waals surface area (Å²) in [6.07, 6.45) is 7.31. The maximum atomic E-state index is 12.7. The SMILES string of the molecule is O=C(Nc1cnn(Cc2cn3ccccc3n2)c1)c1cccc(OCc2cccc(Cl)c2)c1. The Morgan fingerprint density at radius 3 is 2.82 bits per heavy atom. The van der Waals surface area contributed by atoms with E-state index in [1.807, 2.05) is 65.3 Å². The smallest absolute Gasteiger partial charge is 0.255 e. The van der Waals surface area contributed by atoms with E-state index >= 15 is 0 Å². The number of amides is 1. The Balaban J connectivity index is 1.21. The normalized spacial score (nSPS) is 10.9. The topological polar surface area (TPSA) is 73.5 Å². The molecule has 7 nitrogen and oxygen atoms in total. The van der Waals surface area contributed by atoms with Crippen molar-refractivity contribution in [1.29, 1.82) is 0 Å². The van der Waals surface area contributed by atoms with Crippen molar-refractivity contribution in [2.75, 3.05) is 5.32 Å². The van der Waals surface area contributed by atoms with Gasteiger partial charge in [-0.1, -0.05) is 35.9 Å². The highest BCUT2D eigenvalue weighted by Crippen LogP contribution is 2.18. The molecular weight excluding hydrogens is 438 g/mol. The highest BCUT2D eigenvalue weighted by atomic mass is 35.5. The van der Waals surface area contributed by atoms with Crippen LogP contribution < -0.4 is 10.1 Å². The summed E-state index contributed by atoms with van der Waals surface area (Å²) in [5.41, 5.74) is 3.81. The van der Waals surface area contributed by atoms with E-state index in [-0.39, 0.29) is 5.91 Å². The molecule has 1 amide bonds. The first-order valence-electron chi connectivity index (χ1n) is 10.4. The summed E-state index contributed by atoms with van der Waals surface area (Å²) in [6, 6.07) is 20.4. The number of pyridine rings is 1. The van der Waals surface area contributed by atoms with Crippen LogP contribution in [0.2, 0.25) is 5.02 Å². The van der Waals surface area contributed by atoms with Crippen LogP contribution in [-0.2, 0) is 13.2 Å². The number of benzene rings is 2. The number of hydrogen-bond acceptors (Lipinski definition) is 4. The van der Waals surface area contributed by atoms with Gasteiger partial charge < -0.3 is 14.5 Å². The summed E-state index contributed by atoms with van der Waals surface area (Å²) in [7, 11) is 0. The van der Waals surface area contributed by atoms with Crippen LogP contribution in [0.25, 0.3) is 5.65 Å². The van der Waals surface area contributed by atoms with Crippen LogP contribution in [-0.4, -0.2) is 25.1 Å². The number of imidazole rings is 1. The molecule has 0 fully saturated rings. The minimum absolute atomic E-state index is 0.240. The number of nitrogens with zero attached hydrogens (tertiary/aromatic N) is 4. The van der Waals surface area contributed by atoms with Gasteiger partial charge in [-0.25, -0.2) is 4.98 Å². The average Bonchev–Trinajstić information content (AvgIpc) is 3.44. The van der Waals surface area contributed by atoms with Crippen molar-refractivity contribution < 1.29 is 9.53 Å². The zero-order valence-corrected chi connectivity index (χ0v) is 18.3. The maximum absolute atomic E-state index is 12.7. The van der Waals surface area contributed by atoms with Crippen molar-refractivity contribution in [3.8, 4) is 5.75 Å². The van der Waals surface area contributed by atoms with Gasteiger partial charge in [0.05, 0.1) is 24.1 Å². The maximum Gasteiger partial charge on any atom is 0.255 e. The van der Waals surface area contributed by atoms with Crippen LogP contribution in [0.15, 0.2) is 91.5 Å². The molecular formula is C25H20ClN5O2. The monoisotopic (exact) mass is 457 g/mol. The second kappa shape index (κ2) is 9.18. The number of hydrogen-bond donors (Lipinski definition) is 1. The number of nitrogens with one attached hydrogen (secondary N) is 1. The lowest BCUT2D eigenvalue weighted by Gasteiger charge is -2.08. The number of aromatic nitrogens is 4. The minimum Gasteiger partial charge on any atom is -0.489 e. The summed E-state index contributed by atoms with van der Waals surface area (Å²) in [5, 5.41) is 7.87. The molecule has 8 heteroatoms. The van der Waals surface area contributed by atoms with Crippen LogP contribution in [0.3, 0.4) is 0 Å². The lowest BCUT2D eigenvalue weighted by molar-refractivity contribution is 0.102. The molecule has 2 aromatic carbocycles. The van der Waals surface area contributed by atoms with Crippen molar-refractivity contribution in [3.05, 3.63) is 113 Å². The Bertz CT molecular complexity index is 1390. The van der Waals surface area contributed by atoms with Gasteiger partial charge in [0.25, 0.3) is 5.91 Å². The molecule has 0 saturated heterocycles. The quantitative estimate of drug-likeness (QED) is 0.370. The molecule has 3 heterocycles. The third-order valence-corrected chi connectivity index (χ3v) is 5.25. The van der Waals surface area contributed by atoms with Crippen molar-refractivity contribution in [1.82, 2.24) is 19.2 Å². The molecule has 5 aromatic rings.